The van der Waals surface area contributed by atoms with Crippen LogP contribution in [-0.4, -0.2) is 0 Å². The lowest BCUT2D eigenvalue weighted by Crippen LogP contribution is -2.06. The summed E-state index contributed by atoms with van der Waals surface area (Å²) in [6.07, 6.45) is -7.93. The van der Waals surface area contributed by atoms with E-state index in [1.807, 2.05) is 0 Å². The third kappa shape index (κ3) is 2.40. The van der Waals surface area contributed by atoms with E-state index in [4.69, 9.17) is 0 Å². The molecule has 0 saturated heterocycles. The summed E-state index contributed by atoms with van der Waals surface area (Å²) in [6, 6.07) is 0.777. The van der Waals surface area contributed by atoms with Crippen molar-refractivity contribution < 1.29 is 26.3 Å². The van der Waals surface area contributed by atoms with Crippen LogP contribution >= 0.6 is 0 Å². The third-order valence-corrected chi connectivity index (χ3v) is 1.50. The van der Waals surface area contributed by atoms with Crippen LogP contribution in [-0.2, 0) is 6.18 Å². The molecule has 1 rings (SSSR count). The second kappa shape index (κ2) is 3.51. The van der Waals surface area contributed by atoms with Crippen molar-refractivity contribution in [1.29, 1.82) is 0 Å². The summed E-state index contributed by atoms with van der Waals surface area (Å²) in [7, 11) is 0. The van der Waals surface area contributed by atoms with Gasteiger partial charge in [-0.05, 0) is 18.2 Å². The van der Waals surface area contributed by atoms with Gasteiger partial charge in [-0.3, -0.25) is 0 Å². The normalized spacial score (nSPS) is 12.2. The van der Waals surface area contributed by atoms with Gasteiger partial charge in [-0.25, -0.2) is 13.2 Å². The first-order valence-electron chi connectivity index (χ1n) is 3.46. The molecule has 0 N–H and O–H groups in total. The minimum atomic E-state index is -4.81. The number of hydrogen-bond acceptors (Lipinski definition) is 0. The zero-order valence-corrected chi connectivity index (χ0v) is 6.58. The fraction of sp³-hybridized carbons (Fsp3) is 0.250. The van der Waals surface area contributed by atoms with Crippen LogP contribution in [0.5, 0.6) is 0 Å². The molecule has 0 nitrogen and oxygen atoms in total. The number of alkyl halides is 5. The van der Waals surface area contributed by atoms with Crippen LogP contribution in [0, 0.1) is 5.82 Å². The second-order valence-corrected chi connectivity index (χ2v) is 2.57. The maximum absolute atomic E-state index is 12.5. The molecule has 0 heterocycles. The van der Waals surface area contributed by atoms with Crippen LogP contribution in [0.2, 0.25) is 0 Å². The number of hydrogen-bond donors (Lipinski definition) is 0. The lowest BCUT2D eigenvalue weighted by Gasteiger charge is -2.08. The molecule has 1 aromatic rings. The van der Waals surface area contributed by atoms with Gasteiger partial charge >= 0.3 is 6.18 Å². The molecule has 0 radical (unpaired) electrons. The van der Waals surface area contributed by atoms with Crippen LogP contribution in [0.25, 0.3) is 0 Å². The molecule has 0 aromatic heterocycles. The van der Waals surface area contributed by atoms with E-state index >= 15 is 0 Å². The maximum atomic E-state index is 12.5. The van der Waals surface area contributed by atoms with E-state index in [9.17, 15) is 26.3 Å². The molecule has 0 unspecified atom stereocenters. The lowest BCUT2D eigenvalue weighted by molar-refractivity contribution is -0.137. The Morgan fingerprint density at radius 3 is 2.00 bits per heavy atom. The van der Waals surface area contributed by atoms with E-state index in [1.54, 1.807) is 0 Å². The topological polar surface area (TPSA) is 0 Å². The highest BCUT2D eigenvalue weighted by Gasteiger charge is 2.32. The van der Waals surface area contributed by atoms with Crippen LogP contribution in [0.15, 0.2) is 18.2 Å². The smallest absolute Gasteiger partial charge is 0.207 e. The van der Waals surface area contributed by atoms with Gasteiger partial charge in [0.1, 0.15) is 5.82 Å². The first-order valence-corrected chi connectivity index (χ1v) is 3.46. The standard InChI is InChI=1S/C8H4F6/c9-6-2-4(7(10)11)1-5(3-6)8(12,13)14/h1-3,7H. The summed E-state index contributed by atoms with van der Waals surface area (Å²) in [5.41, 5.74) is -2.38. The Labute approximate surface area is 75.2 Å². The van der Waals surface area contributed by atoms with Crippen LogP contribution in [0.3, 0.4) is 0 Å². The second-order valence-electron chi connectivity index (χ2n) is 2.57. The monoisotopic (exact) mass is 214 g/mol. The Bertz CT molecular complexity index is 327. The van der Waals surface area contributed by atoms with Gasteiger partial charge < -0.3 is 0 Å². The third-order valence-electron chi connectivity index (χ3n) is 1.50. The van der Waals surface area contributed by atoms with Crippen molar-refractivity contribution in [2.45, 2.75) is 12.6 Å². The predicted octanol–water partition coefficient (Wildman–Crippen LogP) is 3.78. The fourth-order valence-electron chi connectivity index (χ4n) is 0.902. The molecule has 1 aromatic carbocycles. The van der Waals surface area contributed by atoms with Gasteiger partial charge in [0, 0.05) is 5.56 Å². The van der Waals surface area contributed by atoms with Crippen LogP contribution in [0.1, 0.15) is 17.6 Å². The zero-order valence-electron chi connectivity index (χ0n) is 6.58. The van der Waals surface area contributed by atoms with Gasteiger partial charge in [0.25, 0.3) is 6.43 Å². The average molecular weight is 214 g/mol. The Morgan fingerprint density at radius 1 is 1.00 bits per heavy atom. The molecule has 0 fully saturated rings. The van der Waals surface area contributed by atoms with Crippen LogP contribution < -0.4 is 0 Å². The minimum absolute atomic E-state index is 0.173. The molecule has 0 aliphatic carbocycles. The molecular weight excluding hydrogens is 210 g/mol. The van der Waals surface area contributed by atoms with Crippen molar-refractivity contribution in [1.82, 2.24) is 0 Å². The van der Waals surface area contributed by atoms with Crippen LogP contribution in [0.4, 0.5) is 26.3 Å². The molecule has 6 heteroatoms. The number of halogens is 6. The van der Waals surface area contributed by atoms with E-state index in [-0.39, 0.29) is 12.1 Å². The van der Waals surface area contributed by atoms with E-state index in [1.165, 1.54) is 0 Å². The summed E-state index contributed by atoms with van der Waals surface area (Å²) in [5, 5.41) is 0. The van der Waals surface area contributed by atoms with Crippen molar-refractivity contribution >= 4 is 0 Å². The first kappa shape index (κ1) is 10.9. The first-order chi connectivity index (χ1) is 6.30. The minimum Gasteiger partial charge on any atom is -0.207 e. The molecule has 14 heavy (non-hydrogen) atoms. The Balaban J connectivity index is 3.21. The molecule has 0 aliphatic rings. The Kier molecular flexibility index (Phi) is 2.73. The lowest BCUT2D eigenvalue weighted by atomic mass is 10.1. The highest BCUT2D eigenvalue weighted by Crippen LogP contribution is 2.32. The van der Waals surface area contributed by atoms with E-state index < -0.39 is 29.5 Å². The van der Waals surface area contributed by atoms with Crippen molar-refractivity contribution in [3.05, 3.63) is 35.1 Å². The fourth-order valence-corrected chi connectivity index (χ4v) is 0.902. The van der Waals surface area contributed by atoms with Gasteiger partial charge in [-0.1, -0.05) is 0 Å². The molecule has 78 valence electrons. The highest BCUT2D eigenvalue weighted by molar-refractivity contribution is 5.27. The molecule has 0 atom stereocenters. The van der Waals surface area contributed by atoms with E-state index in [0.29, 0.717) is 6.07 Å². The quantitative estimate of drug-likeness (QED) is 0.624. The summed E-state index contributed by atoms with van der Waals surface area (Å²) in [5.74, 6) is -1.32. The van der Waals surface area contributed by atoms with Gasteiger partial charge in [0.15, 0.2) is 0 Å². The van der Waals surface area contributed by atoms with Gasteiger partial charge in [-0.15, -0.1) is 0 Å². The Hall–Kier alpha value is -1.20. The molecule has 0 amide bonds. The predicted molar refractivity (Wildman–Crippen MR) is 36.4 cm³/mol. The van der Waals surface area contributed by atoms with Crippen molar-refractivity contribution in [2.24, 2.45) is 0 Å². The summed E-state index contributed by atoms with van der Waals surface area (Å²) >= 11 is 0. The maximum Gasteiger partial charge on any atom is 0.416 e. The zero-order chi connectivity index (χ0) is 10.9. The SMILES string of the molecule is Fc1cc(C(F)F)cc(C(F)(F)F)c1. The summed E-state index contributed by atoms with van der Waals surface area (Å²) < 4.78 is 72.4. The Morgan fingerprint density at radius 2 is 1.57 bits per heavy atom. The van der Waals surface area contributed by atoms with Crippen molar-refractivity contribution in [3.8, 4) is 0 Å². The van der Waals surface area contributed by atoms with E-state index in [0.717, 1.165) is 0 Å². The highest BCUT2D eigenvalue weighted by atomic mass is 19.4. The van der Waals surface area contributed by atoms with Gasteiger partial charge in [0.2, 0.25) is 0 Å². The average Bonchev–Trinajstić information content (AvgIpc) is 2.01. The molecule has 0 aliphatic heterocycles. The molecule has 0 bridgehead atoms. The number of benzene rings is 1. The molecular formula is C8H4F6. The number of rotatable bonds is 1. The largest absolute Gasteiger partial charge is 0.416 e. The molecule has 0 spiro atoms. The van der Waals surface area contributed by atoms with Gasteiger partial charge in [0.05, 0.1) is 5.56 Å². The van der Waals surface area contributed by atoms with Crippen molar-refractivity contribution in [2.75, 3.05) is 0 Å². The van der Waals surface area contributed by atoms with Gasteiger partial charge in [-0.2, -0.15) is 13.2 Å². The van der Waals surface area contributed by atoms with Crippen molar-refractivity contribution in [3.63, 3.8) is 0 Å². The summed E-state index contributed by atoms with van der Waals surface area (Å²) in [4.78, 5) is 0. The molecule has 0 saturated carbocycles. The summed E-state index contributed by atoms with van der Waals surface area (Å²) in [6.45, 7) is 0. The van der Waals surface area contributed by atoms with E-state index in [2.05, 4.69) is 0 Å².